The maximum absolute atomic E-state index is 13.1. The zero-order valence-electron chi connectivity index (χ0n) is 17.7. The second kappa shape index (κ2) is 9.22. The first-order valence-corrected chi connectivity index (χ1v) is 13.6. The fourth-order valence-electron chi connectivity index (χ4n) is 4.10. The Hall–Kier alpha value is -2.19. The monoisotopic (exact) mass is 588 g/mol. The van der Waals surface area contributed by atoms with Gasteiger partial charge in [-0.3, -0.25) is 4.90 Å². The van der Waals surface area contributed by atoms with E-state index in [1.807, 2.05) is 40.9 Å². The third-order valence-electron chi connectivity index (χ3n) is 5.64. The molecule has 0 aromatic carbocycles. The van der Waals surface area contributed by atoms with Crippen molar-refractivity contribution >= 4 is 33.6 Å². The van der Waals surface area contributed by atoms with Crippen molar-refractivity contribution in [2.24, 2.45) is 5.92 Å². The fourth-order valence-corrected chi connectivity index (χ4v) is 6.04. The van der Waals surface area contributed by atoms with Gasteiger partial charge in [0.25, 0.3) is 0 Å². The molecule has 3 aromatic rings. The number of hydrogen-bond donors (Lipinski definition) is 2. The van der Waals surface area contributed by atoms with Crippen molar-refractivity contribution in [2.75, 3.05) is 18.4 Å². The number of alkyl halides is 3. The zero-order chi connectivity index (χ0) is 23.0. The Balaban J connectivity index is 1.33. The second-order valence-corrected chi connectivity index (χ2v) is 10.9. The Labute approximate surface area is 203 Å². The number of allylic oxidation sites excluding steroid dienone is 2. The molecule has 2 N–H and O–H groups in total. The number of nitrogens with zero attached hydrogens (tertiary/aromatic N) is 5. The van der Waals surface area contributed by atoms with E-state index in [0.717, 1.165) is 27.7 Å². The minimum atomic E-state index is -4.14. The van der Waals surface area contributed by atoms with Gasteiger partial charge in [0.1, 0.15) is 0 Å². The summed E-state index contributed by atoms with van der Waals surface area (Å²) in [5, 5.41) is 4.09. The number of rotatable bonds is 5. The van der Waals surface area contributed by atoms with E-state index in [1.165, 1.54) is 11.5 Å². The number of anilines is 2. The van der Waals surface area contributed by atoms with Crippen LogP contribution in [0.1, 0.15) is 29.9 Å². The van der Waals surface area contributed by atoms with Crippen LogP contribution in [0.25, 0.3) is 11.2 Å². The van der Waals surface area contributed by atoms with Crippen LogP contribution in [0.3, 0.4) is 0 Å². The molecule has 1 saturated heterocycles. The van der Waals surface area contributed by atoms with Gasteiger partial charge in [0.05, 0.1) is 5.92 Å². The first kappa shape index (κ1) is 22.6. The van der Waals surface area contributed by atoms with E-state index in [2.05, 4.69) is 33.3 Å². The zero-order valence-corrected chi connectivity index (χ0v) is 20.7. The van der Waals surface area contributed by atoms with Crippen LogP contribution in [0, 0.1) is 12.8 Å². The molecule has 1 atom stereocenters. The van der Waals surface area contributed by atoms with Gasteiger partial charge in [-0.05, 0) is 19.4 Å². The molecule has 2 aliphatic rings. The molecule has 1 fully saturated rings. The van der Waals surface area contributed by atoms with E-state index < -0.39 is 12.1 Å². The summed E-state index contributed by atoms with van der Waals surface area (Å²) in [5.74, 6) is -0.639. The molecule has 176 valence electrons. The number of fused-ring (bicyclic) bond motifs is 1. The molecule has 2 aliphatic heterocycles. The van der Waals surface area contributed by atoms with E-state index in [0.29, 0.717) is 31.0 Å². The number of hydrogen-bond acceptors (Lipinski definition) is 7. The SMILES string of the molecule is Cc1cn2c(C3=CN[I-]C=C3)cnc2c(Nc2cc(CN3CCCC(C(F)(F)F)C3)ns2)n1. The Morgan fingerprint density at radius 2 is 2.24 bits per heavy atom. The Morgan fingerprint density at radius 1 is 1.36 bits per heavy atom. The summed E-state index contributed by atoms with van der Waals surface area (Å²) in [7, 11) is 0. The van der Waals surface area contributed by atoms with Crippen molar-refractivity contribution in [2.45, 2.75) is 32.5 Å². The fraction of sp³-hybridized carbons (Fsp3) is 0.381. The number of aromatic nitrogens is 4. The molecule has 0 radical (unpaired) electrons. The average Bonchev–Trinajstić information content (AvgIpc) is 3.41. The molecule has 1 unspecified atom stereocenters. The minimum absolute atomic E-state index is 0.0296. The molecule has 0 spiro atoms. The van der Waals surface area contributed by atoms with Crippen molar-refractivity contribution in [1.82, 2.24) is 27.2 Å². The number of imidazole rings is 1. The van der Waals surface area contributed by atoms with Crippen LogP contribution < -0.4 is 30.3 Å². The van der Waals surface area contributed by atoms with Crippen LogP contribution in [0.2, 0.25) is 0 Å². The van der Waals surface area contributed by atoms with Gasteiger partial charge in [-0.1, -0.05) is 0 Å². The standard InChI is InChI=1S/C21H22F3IN7S/c1-13-10-32-17(14-4-5-25-27-8-14)9-26-20(32)19(28-13)29-18-7-16(30-33-18)12-31-6-2-3-15(11-31)21(22,23)24/h4-5,7-10,15,27H,2-3,6,11-12H2,1H3,(H,28,29)/q-1. The maximum atomic E-state index is 13.1. The van der Waals surface area contributed by atoms with Crippen LogP contribution in [-0.4, -0.2) is 42.9 Å². The molecular weight excluding hydrogens is 566 g/mol. The molecule has 33 heavy (non-hydrogen) atoms. The third-order valence-corrected chi connectivity index (χ3v) is 7.77. The van der Waals surface area contributed by atoms with E-state index in [4.69, 9.17) is 0 Å². The van der Waals surface area contributed by atoms with Gasteiger partial charge in [-0.2, -0.15) is 13.2 Å². The summed E-state index contributed by atoms with van der Waals surface area (Å²) in [6.07, 6.45) is 4.51. The van der Waals surface area contributed by atoms with E-state index >= 15 is 0 Å². The third kappa shape index (κ3) is 5.01. The van der Waals surface area contributed by atoms with Gasteiger partial charge in [-0.25, -0.2) is 0 Å². The first-order valence-electron chi connectivity index (χ1n) is 10.5. The molecule has 5 rings (SSSR count). The normalized spacial score (nSPS) is 19.8. The Morgan fingerprint density at radius 3 is 3.03 bits per heavy atom. The molecule has 0 saturated carbocycles. The van der Waals surface area contributed by atoms with Gasteiger partial charge in [0.15, 0.2) is 0 Å². The quantitative estimate of drug-likeness (QED) is 0.348. The Kier molecular flexibility index (Phi) is 6.31. The number of aryl methyl sites for hydroxylation is 1. The van der Waals surface area contributed by atoms with Crippen molar-refractivity contribution in [1.29, 1.82) is 0 Å². The van der Waals surface area contributed by atoms with Crippen molar-refractivity contribution in [3.8, 4) is 0 Å². The van der Waals surface area contributed by atoms with Crippen LogP contribution in [-0.2, 0) is 6.54 Å². The molecule has 12 heteroatoms. The first-order chi connectivity index (χ1) is 15.9. The van der Waals surface area contributed by atoms with Crippen LogP contribution >= 0.6 is 11.5 Å². The van der Waals surface area contributed by atoms with Crippen molar-refractivity contribution < 1.29 is 34.7 Å². The van der Waals surface area contributed by atoms with E-state index in [9.17, 15) is 13.2 Å². The number of nitrogens with one attached hydrogen (secondary N) is 2. The van der Waals surface area contributed by atoms with Crippen LogP contribution in [0.5, 0.6) is 0 Å². The van der Waals surface area contributed by atoms with Gasteiger partial charge in [-0.15, -0.1) is 0 Å². The van der Waals surface area contributed by atoms with Crippen molar-refractivity contribution in [3.05, 3.63) is 51.9 Å². The molecular formula is C21H22F3IN7S-. The number of halogens is 4. The molecule has 0 amide bonds. The van der Waals surface area contributed by atoms with Gasteiger partial charge in [0.2, 0.25) is 0 Å². The van der Waals surface area contributed by atoms with Gasteiger partial charge < -0.3 is 0 Å². The topological polar surface area (TPSA) is 70.4 Å². The number of piperidine rings is 1. The van der Waals surface area contributed by atoms with Crippen LogP contribution in [0.15, 0.2) is 34.8 Å². The predicted molar refractivity (Wildman–Crippen MR) is 117 cm³/mol. The van der Waals surface area contributed by atoms with Gasteiger partial charge >= 0.3 is 154 Å². The summed E-state index contributed by atoms with van der Waals surface area (Å²) in [6, 6.07) is 1.88. The Bertz CT molecular complexity index is 1220. The summed E-state index contributed by atoms with van der Waals surface area (Å²) < 4.78 is 51.3. The summed E-state index contributed by atoms with van der Waals surface area (Å²) in [6.45, 7) is 3.02. The molecule has 5 heterocycles. The van der Waals surface area contributed by atoms with Gasteiger partial charge in [0, 0.05) is 6.54 Å². The summed E-state index contributed by atoms with van der Waals surface area (Å²) in [4.78, 5) is 11.0. The molecule has 0 bridgehead atoms. The van der Waals surface area contributed by atoms with E-state index in [-0.39, 0.29) is 34.4 Å². The molecule has 7 nitrogen and oxygen atoms in total. The summed E-state index contributed by atoms with van der Waals surface area (Å²) >= 11 is 1.15. The predicted octanol–water partition coefficient (Wildman–Crippen LogP) is 1.47. The molecule has 0 aliphatic carbocycles. The van der Waals surface area contributed by atoms with E-state index in [1.54, 1.807) is 0 Å². The summed E-state index contributed by atoms with van der Waals surface area (Å²) in [5.41, 5.74) is 4.32. The number of likely N-dealkylation sites (tertiary alicyclic amines) is 1. The average molecular weight is 588 g/mol. The van der Waals surface area contributed by atoms with Crippen LogP contribution in [0.4, 0.5) is 24.0 Å². The molecule has 3 aromatic heterocycles. The second-order valence-electron chi connectivity index (χ2n) is 8.10. The van der Waals surface area contributed by atoms with Crippen molar-refractivity contribution in [3.63, 3.8) is 0 Å².